The maximum absolute atomic E-state index is 12.9. The lowest BCUT2D eigenvalue weighted by Crippen LogP contribution is -2.32. The van der Waals surface area contributed by atoms with E-state index in [-0.39, 0.29) is 31.9 Å². The van der Waals surface area contributed by atoms with Crippen LogP contribution in [0, 0.1) is 0 Å². The molecule has 3 aromatic rings. The second-order valence-corrected chi connectivity index (χ2v) is 9.30. The van der Waals surface area contributed by atoms with Crippen LogP contribution in [0.4, 0.5) is 0 Å². The van der Waals surface area contributed by atoms with E-state index in [9.17, 15) is 13.2 Å². The predicted molar refractivity (Wildman–Crippen MR) is 102 cm³/mol. The van der Waals surface area contributed by atoms with Gasteiger partial charge in [0.05, 0.1) is 5.52 Å². The summed E-state index contributed by atoms with van der Waals surface area (Å²) in [5, 5.41) is -0.134. The Kier molecular flexibility index (Phi) is 4.26. The van der Waals surface area contributed by atoms with E-state index in [1.165, 1.54) is 6.07 Å². The summed E-state index contributed by atoms with van der Waals surface area (Å²) in [5.41, 5.74) is 1.27. The molecule has 0 bridgehead atoms. The van der Waals surface area contributed by atoms with Crippen molar-refractivity contribution in [1.82, 2.24) is 9.71 Å². The van der Waals surface area contributed by atoms with Gasteiger partial charge in [0.25, 0.3) is 0 Å². The van der Waals surface area contributed by atoms with Crippen LogP contribution in [0.25, 0.3) is 11.1 Å². The van der Waals surface area contributed by atoms with Crippen LogP contribution in [-0.2, 0) is 15.4 Å². The van der Waals surface area contributed by atoms with Crippen molar-refractivity contribution in [2.75, 3.05) is 6.54 Å². The highest BCUT2D eigenvalue weighted by atomic mass is 79.9. The molecule has 0 saturated heterocycles. The van der Waals surface area contributed by atoms with Gasteiger partial charge in [-0.05, 0) is 40.4 Å². The maximum Gasteiger partial charge on any atom is 0.417 e. The smallest absolute Gasteiger partial charge is 0.406 e. The molecule has 9 heteroatoms. The number of sulfonamides is 1. The fourth-order valence-corrected chi connectivity index (χ4v) is 6.05. The lowest BCUT2D eigenvalue weighted by molar-refractivity contribution is 0.552. The molecule has 2 N–H and O–H groups in total. The third-order valence-electron chi connectivity index (χ3n) is 4.67. The fraction of sp³-hybridized carbons (Fsp3) is 0.235. The minimum Gasteiger partial charge on any atom is -0.406 e. The summed E-state index contributed by atoms with van der Waals surface area (Å²) >= 11 is 9.45. The van der Waals surface area contributed by atoms with Gasteiger partial charge in [0.1, 0.15) is 9.92 Å². The number of fused-ring (bicyclic) bond motifs is 1. The molecule has 0 aliphatic heterocycles. The van der Waals surface area contributed by atoms with Gasteiger partial charge in [-0.1, -0.05) is 41.9 Å². The Labute approximate surface area is 162 Å². The third-order valence-corrected chi connectivity index (χ3v) is 7.52. The highest BCUT2D eigenvalue weighted by Gasteiger charge is 2.45. The zero-order valence-corrected chi connectivity index (χ0v) is 16.5. The van der Waals surface area contributed by atoms with Crippen molar-refractivity contribution in [2.24, 2.45) is 0 Å². The molecule has 26 heavy (non-hydrogen) atoms. The van der Waals surface area contributed by atoms with Crippen molar-refractivity contribution in [3.05, 3.63) is 62.0 Å². The number of halogens is 2. The predicted octanol–water partition coefficient (Wildman–Crippen LogP) is 3.55. The second-order valence-electron chi connectivity index (χ2n) is 6.36. The highest BCUT2D eigenvalue weighted by Crippen LogP contribution is 2.48. The molecule has 0 radical (unpaired) electrons. The van der Waals surface area contributed by atoms with Gasteiger partial charge in [0, 0.05) is 16.4 Å². The molecule has 1 fully saturated rings. The molecule has 0 spiro atoms. The molecule has 1 aliphatic rings. The number of hydrogen-bond donors (Lipinski definition) is 2. The van der Waals surface area contributed by atoms with Crippen molar-refractivity contribution < 1.29 is 12.8 Å². The van der Waals surface area contributed by atoms with Crippen molar-refractivity contribution in [2.45, 2.75) is 23.2 Å². The molecule has 6 nitrogen and oxygen atoms in total. The Morgan fingerprint density at radius 1 is 1.27 bits per heavy atom. The Morgan fingerprint density at radius 2 is 1.96 bits per heavy atom. The topological polar surface area (TPSA) is 92.2 Å². The number of aromatic nitrogens is 1. The average molecular weight is 458 g/mol. The van der Waals surface area contributed by atoms with Crippen LogP contribution in [-0.4, -0.2) is 19.9 Å². The third kappa shape index (κ3) is 3.00. The van der Waals surface area contributed by atoms with E-state index in [0.717, 1.165) is 18.4 Å². The number of H-pyrrole nitrogens is 1. The molecular weight excluding hydrogens is 444 g/mol. The van der Waals surface area contributed by atoms with E-state index in [1.54, 1.807) is 0 Å². The standard InChI is InChI=1S/C17H14BrClN2O4S/c18-11-8-12-14(25-16(22)21-12)13(19)15(11)26(23,24)20-9-17(6-7-17)10-4-2-1-3-5-10/h1-5,8,20H,6-7,9H2,(H,21,22). The Bertz CT molecular complexity index is 1150. The van der Waals surface area contributed by atoms with Crippen LogP contribution in [0.15, 0.2) is 55.0 Å². The second kappa shape index (κ2) is 6.23. The summed E-state index contributed by atoms with van der Waals surface area (Å²) in [6.45, 7) is 0.275. The summed E-state index contributed by atoms with van der Waals surface area (Å²) in [4.78, 5) is 13.7. The molecule has 1 aromatic heterocycles. The number of aromatic amines is 1. The van der Waals surface area contributed by atoms with E-state index in [4.69, 9.17) is 16.0 Å². The van der Waals surface area contributed by atoms with E-state index in [2.05, 4.69) is 25.6 Å². The van der Waals surface area contributed by atoms with Crippen molar-refractivity contribution in [3.8, 4) is 0 Å². The van der Waals surface area contributed by atoms with Crippen molar-refractivity contribution in [3.63, 3.8) is 0 Å². The lowest BCUT2D eigenvalue weighted by Gasteiger charge is -2.17. The number of oxazole rings is 1. The first kappa shape index (κ1) is 17.8. The molecule has 0 atom stereocenters. The van der Waals surface area contributed by atoms with Gasteiger partial charge in [0.2, 0.25) is 10.0 Å². The van der Waals surface area contributed by atoms with E-state index >= 15 is 0 Å². The molecule has 0 unspecified atom stereocenters. The molecule has 1 aliphatic carbocycles. The quantitative estimate of drug-likeness (QED) is 0.613. The van der Waals surface area contributed by atoms with Crippen molar-refractivity contribution >= 4 is 48.7 Å². The van der Waals surface area contributed by atoms with Gasteiger partial charge in [-0.15, -0.1) is 0 Å². The van der Waals surface area contributed by atoms with E-state index in [1.807, 2.05) is 30.3 Å². The number of hydrogen-bond acceptors (Lipinski definition) is 4. The largest absolute Gasteiger partial charge is 0.417 e. The number of rotatable bonds is 5. The van der Waals surface area contributed by atoms with Gasteiger partial charge in [-0.25, -0.2) is 17.9 Å². The van der Waals surface area contributed by atoms with Crippen molar-refractivity contribution in [1.29, 1.82) is 0 Å². The molecule has 4 rings (SSSR count). The Hall–Kier alpha value is -1.61. The molecule has 1 saturated carbocycles. The summed E-state index contributed by atoms with van der Waals surface area (Å²) < 4.78 is 33.6. The minimum absolute atomic E-state index is 0.0180. The molecular formula is C17H14BrClN2O4S. The van der Waals surface area contributed by atoms with Gasteiger partial charge in [-0.3, -0.25) is 4.98 Å². The molecule has 0 amide bonds. The summed E-state index contributed by atoms with van der Waals surface area (Å²) in [7, 11) is -3.91. The molecule has 136 valence electrons. The first-order valence-corrected chi connectivity index (χ1v) is 10.5. The summed E-state index contributed by atoms with van der Waals surface area (Å²) in [6, 6.07) is 11.3. The van der Waals surface area contributed by atoms with Crippen LogP contribution >= 0.6 is 27.5 Å². The lowest BCUT2D eigenvalue weighted by atomic mass is 9.96. The van der Waals surface area contributed by atoms with Crippen LogP contribution in [0.1, 0.15) is 18.4 Å². The fourth-order valence-electron chi connectivity index (χ4n) is 3.07. The first-order valence-electron chi connectivity index (χ1n) is 7.88. The van der Waals surface area contributed by atoms with Gasteiger partial charge in [-0.2, -0.15) is 0 Å². The summed E-state index contributed by atoms with van der Waals surface area (Å²) in [5.74, 6) is -0.697. The number of benzene rings is 2. The first-order chi connectivity index (χ1) is 12.3. The van der Waals surface area contributed by atoms with Gasteiger partial charge in [0.15, 0.2) is 5.58 Å². The highest BCUT2D eigenvalue weighted by molar-refractivity contribution is 9.10. The number of nitrogens with one attached hydrogen (secondary N) is 2. The SMILES string of the molecule is O=c1[nH]c2cc(Br)c(S(=O)(=O)NCC3(c4ccccc4)CC3)c(Cl)c2o1. The summed E-state index contributed by atoms with van der Waals surface area (Å²) in [6.07, 6.45) is 1.83. The monoisotopic (exact) mass is 456 g/mol. The zero-order valence-electron chi connectivity index (χ0n) is 13.4. The van der Waals surface area contributed by atoms with Crippen LogP contribution in [0.3, 0.4) is 0 Å². The maximum atomic E-state index is 12.9. The Balaban J connectivity index is 1.67. The van der Waals surface area contributed by atoms with Crippen LogP contribution < -0.4 is 10.5 Å². The van der Waals surface area contributed by atoms with E-state index < -0.39 is 15.8 Å². The van der Waals surface area contributed by atoms with Crippen LogP contribution in [0.2, 0.25) is 5.02 Å². The molecule has 2 aromatic carbocycles. The normalized spacial score (nSPS) is 16.1. The minimum atomic E-state index is -3.91. The zero-order chi connectivity index (χ0) is 18.5. The molecule has 1 heterocycles. The van der Waals surface area contributed by atoms with E-state index in [0.29, 0.717) is 5.52 Å². The van der Waals surface area contributed by atoms with Gasteiger partial charge >= 0.3 is 5.76 Å². The average Bonchev–Trinajstić information content (AvgIpc) is 3.30. The Morgan fingerprint density at radius 3 is 2.62 bits per heavy atom. The van der Waals surface area contributed by atoms with Gasteiger partial charge < -0.3 is 4.42 Å². The van der Waals surface area contributed by atoms with Crippen LogP contribution in [0.5, 0.6) is 0 Å².